The molecule has 6 nitrogen and oxygen atoms in total. The molecular weight excluding hydrogens is 292 g/mol. The van der Waals surface area contributed by atoms with Crippen LogP contribution < -0.4 is 0 Å². The van der Waals surface area contributed by atoms with Crippen LogP contribution in [0, 0.1) is 0 Å². The largest absolute Gasteiger partial charge is 0.394 e. The zero-order chi connectivity index (χ0) is 15.0. The molecule has 0 aromatic carbocycles. The summed E-state index contributed by atoms with van der Waals surface area (Å²) in [7, 11) is 0. The number of hydrogen-bond donors (Lipinski definition) is 6. The van der Waals surface area contributed by atoms with Gasteiger partial charge in [0.1, 0.15) is 30.5 Å². The molecule has 5 atom stereocenters. The lowest BCUT2D eigenvalue weighted by Gasteiger charge is -2.31. The summed E-state index contributed by atoms with van der Waals surface area (Å²) >= 11 is 2.86. The molecule has 0 fully saturated rings. The third-order valence-corrected chi connectivity index (χ3v) is 5.27. The van der Waals surface area contributed by atoms with Gasteiger partial charge in [-0.2, -0.15) is 0 Å². The molecule has 0 bridgehead atoms. The Morgan fingerprint density at radius 1 is 0.737 bits per heavy atom. The van der Waals surface area contributed by atoms with Crippen molar-refractivity contribution < 1.29 is 30.6 Å². The van der Waals surface area contributed by atoms with Gasteiger partial charge in [-0.15, -0.1) is 23.5 Å². The highest BCUT2D eigenvalue weighted by Crippen LogP contribution is 2.29. The third-order valence-electron chi connectivity index (χ3n) is 2.57. The molecule has 0 spiro atoms. The van der Waals surface area contributed by atoms with Crippen LogP contribution in [0.1, 0.15) is 13.8 Å². The van der Waals surface area contributed by atoms with Gasteiger partial charge in [0.2, 0.25) is 0 Å². The second-order valence-corrected chi connectivity index (χ2v) is 7.13. The number of aliphatic hydroxyl groups is 6. The summed E-state index contributed by atoms with van der Waals surface area (Å²) in [4.78, 5) is 0. The Morgan fingerprint density at radius 2 is 1.16 bits per heavy atom. The summed E-state index contributed by atoms with van der Waals surface area (Å²) in [5.41, 5.74) is 0. The Balaban J connectivity index is 4.62. The molecule has 116 valence electrons. The fourth-order valence-electron chi connectivity index (χ4n) is 1.47. The van der Waals surface area contributed by atoms with Gasteiger partial charge in [0, 0.05) is 0 Å². The van der Waals surface area contributed by atoms with Gasteiger partial charge < -0.3 is 30.6 Å². The van der Waals surface area contributed by atoms with Crippen LogP contribution in [0.2, 0.25) is 0 Å². The summed E-state index contributed by atoms with van der Waals surface area (Å²) in [6.45, 7) is 3.08. The zero-order valence-electron chi connectivity index (χ0n) is 11.1. The summed E-state index contributed by atoms with van der Waals surface area (Å²) in [6.07, 6.45) is -7.85. The van der Waals surface area contributed by atoms with Gasteiger partial charge in [-0.1, -0.05) is 13.8 Å². The summed E-state index contributed by atoms with van der Waals surface area (Å²) < 4.78 is -0.335. The predicted octanol–water partition coefficient (Wildman–Crippen LogP) is -1.38. The van der Waals surface area contributed by atoms with E-state index in [0.29, 0.717) is 0 Å². The normalized spacial score (nSPS) is 20.1. The van der Waals surface area contributed by atoms with E-state index >= 15 is 0 Å². The zero-order valence-corrected chi connectivity index (χ0v) is 12.7. The minimum Gasteiger partial charge on any atom is -0.394 e. The van der Waals surface area contributed by atoms with Crippen molar-refractivity contribution in [3.8, 4) is 0 Å². The Hall–Kier alpha value is 0.460. The predicted molar refractivity (Wildman–Crippen MR) is 77.2 cm³/mol. The number of thioether (sulfide) groups is 2. The second-order valence-electron chi connectivity index (χ2n) is 3.99. The summed E-state index contributed by atoms with van der Waals surface area (Å²) in [5, 5.41) is 56.9. The van der Waals surface area contributed by atoms with E-state index in [1.807, 2.05) is 13.8 Å². The van der Waals surface area contributed by atoms with Gasteiger partial charge in [-0.05, 0) is 11.5 Å². The molecule has 0 rings (SSSR count). The van der Waals surface area contributed by atoms with E-state index in [0.717, 1.165) is 11.5 Å². The van der Waals surface area contributed by atoms with Crippen LogP contribution in [-0.2, 0) is 0 Å². The molecule has 0 aromatic heterocycles. The Kier molecular flexibility index (Phi) is 10.5. The first-order chi connectivity index (χ1) is 8.90. The van der Waals surface area contributed by atoms with Crippen molar-refractivity contribution in [1.29, 1.82) is 0 Å². The van der Waals surface area contributed by atoms with E-state index in [4.69, 9.17) is 5.11 Å². The number of hydrogen-bond acceptors (Lipinski definition) is 8. The summed E-state index contributed by atoms with van der Waals surface area (Å²) in [5.74, 6) is 1.47. The maximum absolute atomic E-state index is 10.0. The lowest BCUT2D eigenvalue weighted by atomic mass is 10.0. The number of rotatable bonds is 10. The van der Waals surface area contributed by atoms with Crippen molar-refractivity contribution >= 4 is 23.5 Å². The van der Waals surface area contributed by atoms with Gasteiger partial charge in [0.15, 0.2) is 0 Å². The van der Waals surface area contributed by atoms with Crippen LogP contribution in [0.5, 0.6) is 0 Å². The van der Waals surface area contributed by atoms with Crippen LogP contribution >= 0.6 is 23.5 Å². The van der Waals surface area contributed by atoms with Crippen molar-refractivity contribution in [1.82, 2.24) is 0 Å². The molecule has 0 aliphatic heterocycles. The first-order valence-corrected chi connectivity index (χ1v) is 8.24. The molecule has 0 unspecified atom stereocenters. The quantitative estimate of drug-likeness (QED) is 0.273. The smallest absolute Gasteiger partial charge is 0.111 e. The maximum atomic E-state index is 10.0. The fraction of sp³-hybridized carbons (Fsp3) is 1.00. The van der Waals surface area contributed by atoms with Gasteiger partial charge >= 0.3 is 0 Å². The lowest BCUT2D eigenvalue weighted by Crippen LogP contribution is -2.52. The third kappa shape index (κ3) is 6.17. The molecule has 0 saturated carbocycles. The van der Waals surface area contributed by atoms with Gasteiger partial charge in [0.05, 0.1) is 11.2 Å². The molecule has 0 heterocycles. The maximum Gasteiger partial charge on any atom is 0.111 e. The van der Waals surface area contributed by atoms with Crippen molar-refractivity contribution in [2.75, 3.05) is 18.1 Å². The summed E-state index contributed by atoms with van der Waals surface area (Å²) in [6, 6.07) is 0. The Bertz CT molecular complexity index is 227. The second kappa shape index (κ2) is 10.2. The Labute approximate surface area is 121 Å². The highest BCUT2D eigenvalue weighted by atomic mass is 32.2. The highest BCUT2D eigenvalue weighted by Gasteiger charge is 2.37. The standard InChI is InChI=1S/C11H24O6S2/c1-3-18-11(19-4-2)10(17)9(16)8(15)7(14)6(13)5-12/h6-17H,3-5H2,1-2H3/t6-,7-,8-,9+,10+/m1/s1. The molecule has 0 aliphatic rings. The number of aliphatic hydroxyl groups excluding tert-OH is 6. The van der Waals surface area contributed by atoms with Crippen LogP contribution in [0.3, 0.4) is 0 Å². The average Bonchev–Trinajstić information content (AvgIpc) is 2.42. The molecule has 0 aliphatic carbocycles. The molecule has 0 saturated heterocycles. The van der Waals surface area contributed by atoms with E-state index in [1.165, 1.54) is 23.5 Å². The van der Waals surface area contributed by atoms with Crippen molar-refractivity contribution in [3.05, 3.63) is 0 Å². The highest BCUT2D eigenvalue weighted by molar-refractivity contribution is 8.17. The van der Waals surface area contributed by atoms with Crippen LogP contribution in [0.4, 0.5) is 0 Å². The van der Waals surface area contributed by atoms with E-state index in [-0.39, 0.29) is 4.58 Å². The lowest BCUT2D eigenvalue weighted by molar-refractivity contribution is -0.137. The van der Waals surface area contributed by atoms with Crippen molar-refractivity contribution in [2.24, 2.45) is 0 Å². The van der Waals surface area contributed by atoms with Gasteiger partial charge in [-0.25, -0.2) is 0 Å². The minimum atomic E-state index is -1.73. The van der Waals surface area contributed by atoms with E-state index < -0.39 is 37.1 Å². The van der Waals surface area contributed by atoms with Gasteiger partial charge in [-0.3, -0.25) is 0 Å². The monoisotopic (exact) mass is 316 g/mol. The fourth-order valence-corrected chi connectivity index (χ4v) is 4.05. The van der Waals surface area contributed by atoms with E-state index in [2.05, 4.69) is 0 Å². The van der Waals surface area contributed by atoms with Gasteiger partial charge in [0.25, 0.3) is 0 Å². The molecule has 0 amide bonds. The van der Waals surface area contributed by atoms with Crippen molar-refractivity contribution in [3.63, 3.8) is 0 Å². The molecular formula is C11H24O6S2. The first kappa shape index (κ1) is 19.5. The Morgan fingerprint density at radius 3 is 1.53 bits per heavy atom. The SMILES string of the molecule is CCSC(SCC)[C@@H](O)[C@@H](O)[C@H](O)[C@H](O)[C@H](O)CO. The molecule has 0 radical (unpaired) electrons. The van der Waals surface area contributed by atoms with Crippen molar-refractivity contribution in [2.45, 2.75) is 48.9 Å². The minimum absolute atomic E-state index is 0.335. The molecule has 8 heteroatoms. The van der Waals surface area contributed by atoms with Crippen LogP contribution in [0.25, 0.3) is 0 Å². The molecule has 0 aromatic rings. The first-order valence-electron chi connectivity index (χ1n) is 6.15. The van der Waals surface area contributed by atoms with E-state index in [1.54, 1.807) is 0 Å². The average molecular weight is 316 g/mol. The topological polar surface area (TPSA) is 121 Å². The van der Waals surface area contributed by atoms with E-state index in [9.17, 15) is 25.5 Å². The van der Waals surface area contributed by atoms with Crippen LogP contribution in [0.15, 0.2) is 0 Å². The molecule has 19 heavy (non-hydrogen) atoms. The molecule has 6 N–H and O–H groups in total. The van der Waals surface area contributed by atoms with Crippen LogP contribution in [-0.4, -0.2) is 83.9 Å².